The molecule has 0 aromatic heterocycles. The lowest BCUT2D eigenvalue weighted by atomic mass is 10.1. The molecule has 0 atom stereocenters. The Labute approximate surface area is 115 Å². The van der Waals surface area contributed by atoms with Gasteiger partial charge in [-0.3, -0.25) is 9.52 Å². The van der Waals surface area contributed by atoms with Gasteiger partial charge < -0.3 is 0 Å². The van der Waals surface area contributed by atoms with Crippen LogP contribution in [0.2, 0.25) is 0 Å². The van der Waals surface area contributed by atoms with Gasteiger partial charge in [0.1, 0.15) is 0 Å². The highest BCUT2D eigenvalue weighted by molar-refractivity contribution is 7.91. The van der Waals surface area contributed by atoms with Gasteiger partial charge in [-0.05, 0) is 37.8 Å². The van der Waals surface area contributed by atoms with Gasteiger partial charge in [-0.1, -0.05) is 19.6 Å². The van der Waals surface area contributed by atoms with Crippen LogP contribution in [0.3, 0.4) is 0 Å². The maximum atomic E-state index is 12.2. The molecule has 0 amide bonds. The molecule has 0 unspecified atom stereocenters. The minimum Gasteiger partial charge on any atom is -0.295 e. The van der Waals surface area contributed by atoms with E-state index in [4.69, 9.17) is 0 Å². The number of allylic oxidation sites excluding steroid dienone is 3. The molecule has 1 N–H and O–H groups in total. The lowest BCUT2D eigenvalue weighted by molar-refractivity contribution is -0.115. The molecule has 1 fully saturated rings. The van der Waals surface area contributed by atoms with Crippen LogP contribution in [0.4, 0.5) is 0 Å². The molecule has 1 aliphatic rings. The first-order valence-electron chi connectivity index (χ1n) is 6.31. The van der Waals surface area contributed by atoms with Crippen LogP contribution in [0.25, 0.3) is 0 Å². The van der Waals surface area contributed by atoms with Gasteiger partial charge in [0, 0.05) is 12.1 Å². The van der Waals surface area contributed by atoms with E-state index in [1.807, 2.05) is 0 Å². The zero-order chi connectivity index (χ0) is 14.7. The topological polar surface area (TPSA) is 63.2 Å². The van der Waals surface area contributed by atoms with Crippen molar-refractivity contribution >= 4 is 15.8 Å². The number of ketones is 1. The highest BCUT2D eigenvalue weighted by Crippen LogP contribution is 2.46. The van der Waals surface area contributed by atoms with E-state index < -0.39 is 14.8 Å². The molecule has 0 aromatic carbocycles. The van der Waals surface area contributed by atoms with Crippen LogP contribution in [0.5, 0.6) is 0 Å². The molecule has 0 aromatic rings. The van der Waals surface area contributed by atoms with Crippen LogP contribution in [-0.4, -0.2) is 18.9 Å². The summed E-state index contributed by atoms with van der Waals surface area (Å²) < 4.78 is 26.1. The summed E-state index contributed by atoms with van der Waals surface area (Å²) in [5.74, 6) is -0.0208. The summed E-state index contributed by atoms with van der Waals surface area (Å²) in [5.41, 5.74) is 0.735. The van der Waals surface area contributed by atoms with Crippen molar-refractivity contribution in [3.8, 4) is 0 Å². The average molecular weight is 283 g/mol. The van der Waals surface area contributed by atoms with Crippen LogP contribution >= 0.6 is 0 Å². The molecule has 0 radical (unpaired) electrons. The third-order valence-electron chi connectivity index (χ3n) is 3.31. The van der Waals surface area contributed by atoms with Crippen molar-refractivity contribution in [1.29, 1.82) is 0 Å². The van der Waals surface area contributed by atoms with Gasteiger partial charge in [-0.2, -0.15) is 0 Å². The van der Waals surface area contributed by atoms with E-state index in [1.165, 1.54) is 6.08 Å². The Bertz CT molecular complexity index is 525. The summed E-state index contributed by atoms with van der Waals surface area (Å²) >= 11 is 0. The molecule has 0 bridgehead atoms. The van der Waals surface area contributed by atoms with Crippen LogP contribution < -0.4 is 4.72 Å². The second kappa shape index (κ2) is 5.74. The summed E-state index contributed by atoms with van der Waals surface area (Å²) in [6.07, 6.45) is 5.20. The van der Waals surface area contributed by atoms with E-state index in [-0.39, 0.29) is 11.5 Å². The summed E-state index contributed by atoms with van der Waals surface area (Å²) in [6, 6.07) is 0. The molecule has 1 saturated carbocycles. The lowest BCUT2D eigenvalue weighted by Crippen LogP contribution is -2.34. The maximum absolute atomic E-state index is 12.2. The average Bonchev–Trinajstić information content (AvgIpc) is 3.08. The SMILES string of the molecule is C=CCC1(S(=O)(=O)NC(=C)C=C(C)C(=O)CC)CC1. The molecule has 0 heterocycles. The Kier molecular flexibility index (Phi) is 4.74. The fourth-order valence-electron chi connectivity index (χ4n) is 1.92. The normalized spacial score (nSPS) is 17.7. The molecule has 19 heavy (non-hydrogen) atoms. The van der Waals surface area contributed by atoms with Gasteiger partial charge in [-0.15, -0.1) is 6.58 Å². The Balaban J connectivity index is 2.77. The summed E-state index contributed by atoms with van der Waals surface area (Å²) in [7, 11) is -3.46. The number of nitrogens with one attached hydrogen (secondary N) is 1. The monoisotopic (exact) mass is 283 g/mol. The van der Waals surface area contributed by atoms with E-state index in [9.17, 15) is 13.2 Å². The van der Waals surface area contributed by atoms with Crippen LogP contribution in [0, 0.1) is 0 Å². The van der Waals surface area contributed by atoms with Gasteiger partial charge in [0.05, 0.1) is 4.75 Å². The Morgan fingerprint density at radius 3 is 2.42 bits per heavy atom. The molecule has 5 heteroatoms. The summed E-state index contributed by atoms with van der Waals surface area (Å²) in [5, 5.41) is 0. The third kappa shape index (κ3) is 3.56. The predicted molar refractivity (Wildman–Crippen MR) is 77.0 cm³/mol. The molecule has 0 aliphatic heterocycles. The van der Waals surface area contributed by atoms with Gasteiger partial charge in [0.2, 0.25) is 10.0 Å². The summed E-state index contributed by atoms with van der Waals surface area (Å²) in [6.45, 7) is 10.7. The third-order valence-corrected chi connectivity index (χ3v) is 5.56. The van der Waals surface area contributed by atoms with E-state index >= 15 is 0 Å². The molecular weight excluding hydrogens is 262 g/mol. The number of carbonyl (C=O) groups is 1. The quantitative estimate of drug-likeness (QED) is 0.423. The van der Waals surface area contributed by atoms with Crippen molar-refractivity contribution in [3.05, 3.63) is 36.6 Å². The van der Waals surface area contributed by atoms with Crippen LogP contribution in [-0.2, 0) is 14.8 Å². The zero-order valence-corrected chi connectivity index (χ0v) is 12.3. The van der Waals surface area contributed by atoms with Crippen molar-refractivity contribution < 1.29 is 13.2 Å². The van der Waals surface area contributed by atoms with Crippen molar-refractivity contribution in [1.82, 2.24) is 4.72 Å². The smallest absolute Gasteiger partial charge is 0.238 e. The molecule has 1 aliphatic carbocycles. The highest BCUT2D eigenvalue weighted by Gasteiger charge is 2.53. The van der Waals surface area contributed by atoms with E-state index in [1.54, 1.807) is 19.9 Å². The van der Waals surface area contributed by atoms with Gasteiger partial charge in [0.15, 0.2) is 5.78 Å². The van der Waals surface area contributed by atoms with E-state index in [2.05, 4.69) is 17.9 Å². The Hall–Kier alpha value is -1.36. The number of Topliss-reactive ketones (excluding diaryl/α,β-unsaturated/α-hetero) is 1. The van der Waals surface area contributed by atoms with Crippen molar-refractivity contribution in [2.24, 2.45) is 0 Å². The fraction of sp³-hybridized carbons (Fsp3) is 0.500. The second-order valence-corrected chi connectivity index (χ2v) is 6.99. The number of rotatable bonds is 8. The van der Waals surface area contributed by atoms with Crippen LogP contribution in [0.15, 0.2) is 36.6 Å². The second-order valence-electron chi connectivity index (χ2n) is 4.91. The molecule has 4 nitrogen and oxygen atoms in total. The minimum absolute atomic E-state index is 0.0208. The van der Waals surface area contributed by atoms with Gasteiger partial charge in [-0.25, -0.2) is 8.42 Å². The summed E-state index contributed by atoms with van der Waals surface area (Å²) in [4.78, 5) is 11.4. The van der Waals surface area contributed by atoms with Crippen molar-refractivity contribution in [2.75, 3.05) is 0 Å². The first-order chi connectivity index (χ1) is 8.78. The highest BCUT2D eigenvalue weighted by atomic mass is 32.2. The first-order valence-corrected chi connectivity index (χ1v) is 7.80. The molecule has 106 valence electrons. The number of hydrogen-bond acceptors (Lipinski definition) is 3. The fourth-order valence-corrected chi connectivity index (χ4v) is 3.51. The Morgan fingerprint density at radius 2 is 2.00 bits per heavy atom. The maximum Gasteiger partial charge on any atom is 0.238 e. The largest absolute Gasteiger partial charge is 0.295 e. The molecular formula is C14H21NO3S. The standard InChI is InChI=1S/C14H21NO3S/c1-5-7-14(8-9-14)19(17,18)15-12(4)10-11(3)13(16)6-2/h5,10,15H,1,4,6-9H2,2-3H3. The first kappa shape index (κ1) is 15.7. The molecule has 1 rings (SSSR count). The molecule has 0 saturated heterocycles. The minimum atomic E-state index is -3.46. The predicted octanol–water partition coefficient (Wildman–Crippen LogP) is 2.45. The Morgan fingerprint density at radius 1 is 1.42 bits per heavy atom. The van der Waals surface area contributed by atoms with E-state index in [0.717, 1.165) is 0 Å². The lowest BCUT2D eigenvalue weighted by Gasteiger charge is -2.16. The van der Waals surface area contributed by atoms with E-state index in [0.29, 0.717) is 31.3 Å². The van der Waals surface area contributed by atoms with Crippen molar-refractivity contribution in [3.63, 3.8) is 0 Å². The van der Waals surface area contributed by atoms with Crippen LogP contribution in [0.1, 0.15) is 39.5 Å². The zero-order valence-electron chi connectivity index (χ0n) is 11.5. The molecule has 0 spiro atoms. The van der Waals surface area contributed by atoms with Gasteiger partial charge in [0.25, 0.3) is 0 Å². The number of sulfonamides is 1. The number of carbonyl (C=O) groups excluding carboxylic acids is 1. The number of hydrogen-bond donors (Lipinski definition) is 1. The van der Waals surface area contributed by atoms with Crippen molar-refractivity contribution in [2.45, 2.75) is 44.3 Å². The van der Waals surface area contributed by atoms with Gasteiger partial charge >= 0.3 is 0 Å².